The lowest BCUT2D eigenvalue weighted by Gasteiger charge is -2.39. The maximum atomic E-state index is 15.2. The molecule has 4 atom stereocenters. The van der Waals surface area contributed by atoms with E-state index in [0.29, 0.717) is 12.0 Å². The Balaban J connectivity index is 2.22. The van der Waals surface area contributed by atoms with Crippen LogP contribution in [0, 0.1) is 12.8 Å². The number of hydrogen-bond acceptors (Lipinski definition) is 7. The van der Waals surface area contributed by atoms with Gasteiger partial charge < -0.3 is 30.1 Å². The third-order valence-electron chi connectivity index (χ3n) is 8.54. The highest BCUT2D eigenvalue weighted by molar-refractivity contribution is 5.94. The number of nitrogens with one attached hydrogen (secondary N) is 2. The Morgan fingerprint density at radius 1 is 0.698 bits per heavy atom. The molecule has 0 aliphatic rings. The van der Waals surface area contributed by atoms with E-state index in [4.69, 9.17) is 9.47 Å². The Bertz CT molecular complexity index is 1660. The zero-order valence-electron chi connectivity index (χ0n) is 33.1. The lowest BCUT2D eigenvalue weighted by molar-refractivity contribution is -0.159. The second kappa shape index (κ2) is 18.8. The van der Waals surface area contributed by atoms with Crippen molar-refractivity contribution in [3.8, 4) is 5.75 Å². The maximum absolute atomic E-state index is 15.2. The molecule has 0 spiro atoms. The van der Waals surface area contributed by atoms with Gasteiger partial charge in [0.2, 0.25) is 11.8 Å². The van der Waals surface area contributed by atoms with Crippen LogP contribution in [-0.2, 0) is 36.7 Å². The van der Waals surface area contributed by atoms with Gasteiger partial charge in [0.25, 0.3) is 0 Å². The first-order chi connectivity index (χ1) is 24.8. The molecule has 10 nitrogen and oxygen atoms in total. The van der Waals surface area contributed by atoms with E-state index < -0.39 is 59.2 Å². The van der Waals surface area contributed by atoms with Crippen molar-refractivity contribution in [3.63, 3.8) is 0 Å². The van der Waals surface area contributed by atoms with E-state index in [0.717, 1.165) is 17.5 Å². The predicted octanol–water partition coefficient (Wildman–Crippen LogP) is 7.60. The summed E-state index contributed by atoms with van der Waals surface area (Å²) in [7, 11) is 0. The number of amides is 3. The molecule has 0 aromatic heterocycles. The third kappa shape index (κ3) is 13.6. The van der Waals surface area contributed by atoms with Gasteiger partial charge in [-0.3, -0.25) is 9.59 Å². The second-order valence-electron chi connectivity index (χ2n) is 16.2. The van der Waals surface area contributed by atoms with Crippen LogP contribution in [0.1, 0.15) is 103 Å². The minimum absolute atomic E-state index is 0.106. The minimum Gasteiger partial charge on any atom is -0.507 e. The number of benzene rings is 3. The summed E-state index contributed by atoms with van der Waals surface area (Å²) in [5.74, 6) is -1.73. The van der Waals surface area contributed by atoms with E-state index in [1.165, 1.54) is 4.90 Å². The molecule has 3 aromatic rings. The fraction of sp³-hybridized carbons (Fsp3) is 0.488. The van der Waals surface area contributed by atoms with Crippen molar-refractivity contribution in [2.24, 2.45) is 5.92 Å². The number of nitrogens with zero attached hydrogens (tertiary/aromatic N) is 1. The number of aryl methyl sites for hydroxylation is 1. The van der Waals surface area contributed by atoms with Gasteiger partial charge in [0.15, 0.2) is 0 Å². The van der Waals surface area contributed by atoms with Crippen molar-refractivity contribution >= 4 is 23.9 Å². The minimum atomic E-state index is -1.40. The molecule has 0 aliphatic heterocycles. The van der Waals surface area contributed by atoms with Crippen LogP contribution in [0.4, 0.5) is 4.79 Å². The number of phenolic OH excluding ortho intramolecular Hbond substituents is 1. The van der Waals surface area contributed by atoms with Gasteiger partial charge in [-0.2, -0.15) is 0 Å². The molecule has 3 amide bonds. The SMILES string of the molecule is Cc1cccc(C(C(=O)NC(Cc2ccccc2)C(=O)OC(C)(C)C)N(C(=O)C(Cc2ccccc2)NC(=O)OC(C)(C)C)C(C)CCC(C)C)c1O. The van der Waals surface area contributed by atoms with E-state index in [-0.39, 0.29) is 30.1 Å². The quantitative estimate of drug-likeness (QED) is 0.137. The normalized spacial score (nSPS) is 14.0. The molecule has 53 heavy (non-hydrogen) atoms. The van der Waals surface area contributed by atoms with Crippen molar-refractivity contribution in [2.75, 3.05) is 0 Å². The van der Waals surface area contributed by atoms with Crippen LogP contribution in [0.2, 0.25) is 0 Å². The first kappa shape index (κ1) is 42.6. The first-order valence-corrected chi connectivity index (χ1v) is 18.5. The predicted molar refractivity (Wildman–Crippen MR) is 207 cm³/mol. The molecular formula is C43H59N3O7. The van der Waals surface area contributed by atoms with Crippen LogP contribution < -0.4 is 10.6 Å². The van der Waals surface area contributed by atoms with Crippen molar-refractivity contribution in [1.82, 2.24) is 15.5 Å². The Morgan fingerprint density at radius 3 is 1.74 bits per heavy atom. The highest BCUT2D eigenvalue weighted by Crippen LogP contribution is 2.35. The van der Waals surface area contributed by atoms with E-state index >= 15 is 4.79 Å². The summed E-state index contributed by atoms with van der Waals surface area (Å²) in [4.78, 5) is 58.5. The Kier molecular flexibility index (Phi) is 15.1. The van der Waals surface area contributed by atoms with Crippen molar-refractivity contribution < 1.29 is 33.8 Å². The van der Waals surface area contributed by atoms with Gasteiger partial charge in [0.05, 0.1) is 0 Å². The Morgan fingerprint density at radius 2 is 1.23 bits per heavy atom. The number of para-hydroxylation sites is 1. The molecular weight excluding hydrogens is 670 g/mol. The summed E-state index contributed by atoms with van der Waals surface area (Å²) >= 11 is 0. The van der Waals surface area contributed by atoms with Gasteiger partial charge in [-0.1, -0.05) is 92.7 Å². The summed E-state index contributed by atoms with van der Waals surface area (Å²) in [6, 6.07) is 19.3. The molecule has 4 unspecified atom stereocenters. The zero-order chi connectivity index (χ0) is 39.5. The number of carbonyl (C=O) groups excluding carboxylic acids is 4. The number of aromatic hydroxyl groups is 1. The van der Waals surface area contributed by atoms with Crippen molar-refractivity contribution in [2.45, 2.75) is 130 Å². The number of rotatable bonds is 15. The number of phenols is 1. The summed E-state index contributed by atoms with van der Waals surface area (Å²) in [6.45, 7) is 18.2. The summed E-state index contributed by atoms with van der Waals surface area (Å²) in [6.07, 6.45) is 0.700. The number of ether oxygens (including phenoxy) is 2. The summed E-state index contributed by atoms with van der Waals surface area (Å²) < 4.78 is 11.4. The van der Waals surface area contributed by atoms with Crippen LogP contribution in [0.25, 0.3) is 0 Å². The molecule has 3 aromatic carbocycles. The third-order valence-corrected chi connectivity index (χ3v) is 8.54. The van der Waals surface area contributed by atoms with Gasteiger partial charge in [0, 0.05) is 24.4 Å². The molecule has 0 bridgehead atoms. The van der Waals surface area contributed by atoms with Crippen LogP contribution in [0.5, 0.6) is 5.75 Å². The number of esters is 1. The fourth-order valence-corrected chi connectivity index (χ4v) is 5.98. The Hall–Kier alpha value is -4.86. The average molecular weight is 730 g/mol. The molecule has 0 radical (unpaired) electrons. The second-order valence-corrected chi connectivity index (χ2v) is 16.2. The van der Waals surface area contributed by atoms with Crippen LogP contribution in [0.3, 0.4) is 0 Å². The topological polar surface area (TPSA) is 134 Å². The molecule has 10 heteroatoms. The number of hydrogen-bond donors (Lipinski definition) is 3. The number of alkyl carbamates (subject to hydrolysis) is 1. The monoisotopic (exact) mass is 729 g/mol. The maximum Gasteiger partial charge on any atom is 0.408 e. The van der Waals surface area contributed by atoms with Crippen LogP contribution in [-0.4, -0.2) is 63.2 Å². The van der Waals surface area contributed by atoms with Crippen LogP contribution in [0.15, 0.2) is 78.9 Å². The average Bonchev–Trinajstić information content (AvgIpc) is 3.06. The van der Waals surface area contributed by atoms with E-state index in [1.807, 2.05) is 67.6 Å². The van der Waals surface area contributed by atoms with Gasteiger partial charge in [-0.25, -0.2) is 9.59 Å². The van der Waals surface area contributed by atoms with Crippen molar-refractivity contribution in [3.05, 3.63) is 101 Å². The molecule has 3 rings (SSSR count). The molecule has 0 fully saturated rings. The van der Waals surface area contributed by atoms with Gasteiger partial charge in [-0.05, 0) is 90.8 Å². The van der Waals surface area contributed by atoms with Gasteiger partial charge in [-0.15, -0.1) is 0 Å². The first-order valence-electron chi connectivity index (χ1n) is 18.5. The van der Waals surface area contributed by atoms with Gasteiger partial charge >= 0.3 is 12.1 Å². The van der Waals surface area contributed by atoms with E-state index in [9.17, 15) is 19.5 Å². The van der Waals surface area contributed by atoms with E-state index in [2.05, 4.69) is 24.5 Å². The highest BCUT2D eigenvalue weighted by atomic mass is 16.6. The Labute approximate surface area is 315 Å². The smallest absolute Gasteiger partial charge is 0.408 e. The standard InChI is InChI=1S/C43H59N3O7/c1-28(2)24-25-30(4)46(39(49)34(26-31-19-13-11-14-20-31)45-41(51)53-43(8,9)10)36(33-23-17-18-29(3)37(33)47)38(48)44-35(40(50)52-42(5,6)7)27-32-21-15-12-16-22-32/h11-23,28,30,34-36,47H,24-27H2,1-10H3,(H,44,48)(H,45,51). The highest BCUT2D eigenvalue weighted by Gasteiger charge is 2.41. The zero-order valence-corrected chi connectivity index (χ0v) is 33.1. The molecule has 0 saturated carbocycles. The largest absolute Gasteiger partial charge is 0.507 e. The molecule has 0 aliphatic carbocycles. The summed E-state index contributed by atoms with van der Waals surface area (Å²) in [5.41, 5.74) is 0.593. The lowest BCUT2D eigenvalue weighted by atomic mass is 9.94. The fourth-order valence-electron chi connectivity index (χ4n) is 5.98. The molecule has 0 heterocycles. The molecule has 3 N–H and O–H groups in total. The van der Waals surface area contributed by atoms with Gasteiger partial charge in [0.1, 0.15) is 35.1 Å². The number of carbonyl (C=O) groups is 4. The molecule has 288 valence electrons. The lowest BCUT2D eigenvalue weighted by Crippen LogP contribution is -2.57. The van der Waals surface area contributed by atoms with Crippen molar-refractivity contribution in [1.29, 1.82) is 0 Å². The van der Waals surface area contributed by atoms with Crippen LogP contribution >= 0.6 is 0 Å². The van der Waals surface area contributed by atoms with E-state index in [1.54, 1.807) is 66.7 Å². The summed E-state index contributed by atoms with van der Waals surface area (Å²) in [5, 5.41) is 17.2. The molecule has 0 saturated heterocycles.